The number of nitrogen functional groups attached to an aromatic ring is 1. The summed E-state index contributed by atoms with van der Waals surface area (Å²) in [7, 11) is 0. The third kappa shape index (κ3) is 2.07. The summed E-state index contributed by atoms with van der Waals surface area (Å²) in [4.78, 5) is 2.99. The molecule has 1 aliphatic heterocycles. The molecule has 0 saturated carbocycles. The molecule has 1 aromatic heterocycles. The van der Waals surface area contributed by atoms with Gasteiger partial charge in [0.1, 0.15) is 10.9 Å². The molecule has 0 spiro atoms. The van der Waals surface area contributed by atoms with Crippen LogP contribution >= 0.6 is 11.3 Å². The van der Waals surface area contributed by atoms with E-state index in [0.717, 1.165) is 24.0 Å². The lowest BCUT2D eigenvalue weighted by Crippen LogP contribution is -2.33. The summed E-state index contributed by atoms with van der Waals surface area (Å²) >= 11 is 1.51. The van der Waals surface area contributed by atoms with Crippen molar-refractivity contribution >= 4 is 22.0 Å². The summed E-state index contributed by atoms with van der Waals surface area (Å²) < 4.78 is 0. The fraction of sp³-hybridized carbons (Fsp3) is 0.545. The Morgan fingerprint density at radius 3 is 3.07 bits per heavy atom. The molecular formula is C11H15N3S. The molecule has 1 aliphatic rings. The average molecular weight is 221 g/mol. The predicted octanol–water partition coefficient (Wildman–Crippen LogP) is 2.44. The van der Waals surface area contributed by atoms with Gasteiger partial charge in [0.25, 0.3) is 0 Å². The van der Waals surface area contributed by atoms with Crippen molar-refractivity contribution < 1.29 is 0 Å². The highest BCUT2D eigenvalue weighted by Crippen LogP contribution is 2.33. The lowest BCUT2D eigenvalue weighted by molar-refractivity contribution is 0.448. The number of hydrogen-bond donors (Lipinski definition) is 1. The molecule has 1 fully saturated rings. The second-order valence-electron chi connectivity index (χ2n) is 4.17. The molecule has 2 rings (SSSR count). The van der Waals surface area contributed by atoms with Gasteiger partial charge in [-0.25, -0.2) is 0 Å². The molecule has 0 aliphatic carbocycles. The van der Waals surface area contributed by atoms with E-state index in [1.807, 2.05) is 6.07 Å². The second-order valence-corrected chi connectivity index (χ2v) is 5.20. The van der Waals surface area contributed by atoms with Gasteiger partial charge in [-0.1, -0.05) is 6.92 Å². The molecule has 0 aromatic carbocycles. The molecule has 0 radical (unpaired) electrons. The third-order valence-corrected chi connectivity index (χ3v) is 3.93. The van der Waals surface area contributed by atoms with Gasteiger partial charge in [0, 0.05) is 13.1 Å². The van der Waals surface area contributed by atoms with Crippen LogP contribution in [0.15, 0.2) is 6.07 Å². The van der Waals surface area contributed by atoms with E-state index in [9.17, 15) is 0 Å². The van der Waals surface area contributed by atoms with Crippen LogP contribution < -0.4 is 10.6 Å². The Labute approximate surface area is 94.1 Å². The van der Waals surface area contributed by atoms with E-state index in [1.165, 1.54) is 24.2 Å². The number of nitriles is 1. The summed E-state index contributed by atoms with van der Waals surface area (Å²) in [5.74, 6) is 0.743. The van der Waals surface area contributed by atoms with Crippen molar-refractivity contribution in [3.63, 3.8) is 0 Å². The van der Waals surface area contributed by atoms with E-state index in [0.29, 0.717) is 10.6 Å². The lowest BCUT2D eigenvalue weighted by atomic mass is 10.0. The zero-order chi connectivity index (χ0) is 10.8. The molecule has 4 heteroatoms. The normalized spacial score (nSPS) is 21.3. The first-order valence-electron chi connectivity index (χ1n) is 5.25. The van der Waals surface area contributed by atoms with Gasteiger partial charge in [-0.3, -0.25) is 0 Å². The molecule has 2 N–H and O–H groups in total. The van der Waals surface area contributed by atoms with Crippen molar-refractivity contribution in [2.45, 2.75) is 19.8 Å². The highest BCUT2D eigenvalue weighted by Gasteiger charge is 2.19. The molecule has 2 heterocycles. The van der Waals surface area contributed by atoms with Gasteiger partial charge in [0.15, 0.2) is 0 Å². The lowest BCUT2D eigenvalue weighted by Gasteiger charge is -2.31. The summed E-state index contributed by atoms with van der Waals surface area (Å²) in [6.07, 6.45) is 2.54. The molecular weight excluding hydrogens is 206 g/mol. The highest BCUT2D eigenvalue weighted by atomic mass is 32.1. The maximum absolute atomic E-state index is 8.84. The Hall–Kier alpha value is -1.21. The minimum Gasteiger partial charge on any atom is -0.397 e. The van der Waals surface area contributed by atoms with E-state index in [2.05, 4.69) is 17.9 Å². The fourth-order valence-electron chi connectivity index (χ4n) is 2.02. The van der Waals surface area contributed by atoms with Crippen LogP contribution in [0.2, 0.25) is 0 Å². The molecule has 1 aromatic rings. The van der Waals surface area contributed by atoms with Gasteiger partial charge in [-0.15, -0.1) is 11.3 Å². The number of rotatable bonds is 1. The van der Waals surface area contributed by atoms with E-state index in [-0.39, 0.29) is 0 Å². The monoisotopic (exact) mass is 221 g/mol. The molecule has 1 atom stereocenters. The zero-order valence-electron chi connectivity index (χ0n) is 8.86. The Balaban J connectivity index is 2.18. The van der Waals surface area contributed by atoms with Crippen molar-refractivity contribution in [1.29, 1.82) is 5.26 Å². The van der Waals surface area contributed by atoms with Crippen molar-refractivity contribution in [2.24, 2.45) is 5.92 Å². The first-order chi connectivity index (χ1) is 7.20. The number of hydrogen-bond acceptors (Lipinski definition) is 4. The van der Waals surface area contributed by atoms with Crippen molar-refractivity contribution in [3.05, 3.63) is 10.9 Å². The van der Waals surface area contributed by atoms with Crippen molar-refractivity contribution in [2.75, 3.05) is 23.7 Å². The number of anilines is 2. The largest absolute Gasteiger partial charge is 0.397 e. The molecule has 15 heavy (non-hydrogen) atoms. The molecule has 1 saturated heterocycles. The van der Waals surface area contributed by atoms with Crippen molar-refractivity contribution in [3.8, 4) is 6.07 Å². The van der Waals surface area contributed by atoms with E-state index in [4.69, 9.17) is 11.0 Å². The van der Waals surface area contributed by atoms with Gasteiger partial charge >= 0.3 is 0 Å². The van der Waals surface area contributed by atoms with Gasteiger partial charge < -0.3 is 10.6 Å². The van der Waals surface area contributed by atoms with Crippen molar-refractivity contribution in [1.82, 2.24) is 0 Å². The quantitative estimate of drug-likeness (QED) is 0.792. The van der Waals surface area contributed by atoms with Gasteiger partial charge in [-0.05, 0) is 24.8 Å². The summed E-state index contributed by atoms with van der Waals surface area (Å²) in [5, 5.41) is 9.99. The topological polar surface area (TPSA) is 53.0 Å². The van der Waals surface area contributed by atoms with Crippen LogP contribution in [0, 0.1) is 17.2 Å². The minimum atomic E-state index is 0.621. The maximum Gasteiger partial charge on any atom is 0.129 e. The summed E-state index contributed by atoms with van der Waals surface area (Å²) in [6, 6.07) is 4.06. The van der Waals surface area contributed by atoms with Crippen LogP contribution in [-0.4, -0.2) is 13.1 Å². The van der Waals surface area contributed by atoms with Gasteiger partial charge in [-0.2, -0.15) is 5.26 Å². The minimum absolute atomic E-state index is 0.621. The Morgan fingerprint density at radius 1 is 1.67 bits per heavy atom. The molecule has 1 unspecified atom stereocenters. The van der Waals surface area contributed by atoms with Crippen LogP contribution in [0.1, 0.15) is 24.6 Å². The van der Waals surface area contributed by atoms with E-state index < -0.39 is 0 Å². The summed E-state index contributed by atoms with van der Waals surface area (Å²) in [6.45, 7) is 4.45. The predicted molar refractivity (Wildman–Crippen MR) is 64.1 cm³/mol. The fourth-order valence-corrected chi connectivity index (χ4v) is 2.94. The number of thiophene rings is 1. The van der Waals surface area contributed by atoms with Gasteiger partial charge in [0.05, 0.1) is 10.7 Å². The van der Waals surface area contributed by atoms with E-state index in [1.54, 1.807) is 0 Å². The zero-order valence-corrected chi connectivity index (χ0v) is 9.68. The third-order valence-electron chi connectivity index (χ3n) is 2.82. The number of nitrogens with two attached hydrogens (primary N) is 1. The van der Waals surface area contributed by atoms with Crippen LogP contribution in [0.3, 0.4) is 0 Å². The average Bonchev–Trinajstić information content (AvgIpc) is 2.60. The number of nitrogens with zero attached hydrogens (tertiary/aromatic N) is 2. The summed E-state index contributed by atoms with van der Waals surface area (Å²) in [5.41, 5.74) is 6.38. The van der Waals surface area contributed by atoms with Crippen LogP contribution in [-0.2, 0) is 0 Å². The SMILES string of the molecule is CC1CCCN(c2cc(N)c(C#N)s2)C1. The van der Waals surface area contributed by atoms with Crippen LogP contribution in [0.5, 0.6) is 0 Å². The molecule has 0 bridgehead atoms. The maximum atomic E-state index is 8.84. The van der Waals surface area contributed by atoms with Crippen LogP contribution in [0.4, 0.5) is 10.7 Å². The smallest absolute Gasteiger partial charge is 0.129 e. The number of piperidine rings is 1. The van der Waals surface area contributed by atoms with Crippen LogP contribution in [0.25, 0.3) is 0 Å². The Bertz CT molecular complexity index is 391. The highest BCUT2D eigenvalue weighted by molar-refractivity contribution is 7.17. The Morgan fingerprint density at radius 2 is 2.47 bits per heavy atom. The molecule has 80 valence electrons. The molecule has 0 amide bonds. The first kappa shape index (κ1) is 10.3. The van der Waals surface area contributed by atoms with Gasteiger partial charge in [0.2, 0.25) is 0 Å². The first-order valence-corrected chi connectivity index (χ1v) is 6.06. The standard InChI is InChI=1S/C11H15N3S/c1-8-3-2-4-14(7-8)11-5-9(13)10(6-12)15-11/h5,8H,2-4,7,13H2,1H3. The Kier molecular flexibility index (Phi) is 2.83. The second kappa shape index (κ2) is 4.11. The molecule has 3 nitrogen and oxygen atoms in total. The van der Waals surface area contributed by atoms with E-state index >= 15 is 0 Å².